The lowest BCUT2D eigenvalue weighted by molar-refractivity contribution is -0.141. The summed E-state index contributed by atoms with van der Waals surface area (Å²) < 4.78 is 5.09. The molecule has 1 atom stereocenters. The standard InChI is InChI=1S/C12H12N2O4/c1-7(15)14-10(12(16)17)5-8-2-3-11-9(4-8)13-6-18-11/h2-4,6,10H,5H2,1H3,(H,14,15)(H,16,17). The maximum absolute atomic E-state index is 11.0. The van der Waals surface area contributed by atoms with Gasteiger partial charge in [-0.3, -0.25) is 4.79 Å². The van der Waals surface area contributed by atoms with E-state index in [-0.39, 0.29) is 12.3 Å². The summed E-state index contributed by atoms with van der Waals surface area (Å²) in [5.74, 6) is -1.43. The molecule has 0 saturated carbocycles. The summed E-state index contributed by atoms with van der Waals surface area (Å²) in [5, 5.41) is 11.4. The molecule has 0 saturated heterocycles. The number of carbonyl (C=O) groups excluding carboxylic acids is 1. The van der Waals surface area contributed by atoms with Gasteiger partial charge in [-0.05, 0) is 17.7 Å². The maximum Gasteiger partial charge on any atom is 0.326 e. The minimum absolute atomic E-state index is 0.206. The van der Waals surface area contributed by atoms with Crippen LogP contribution in [-0.4, -0.2) is 28.0 Å². The van der Waals surface area contributed by atoms with Crippen molar-refractivity contribution in [1.82, 2.24) is 10.3 Å². The highest BCUT2D eigenvalue weighted by atomic mass is 16.4. The average molecular weight is 248 g/mol. The van der Waals surface area contributed by atoms with E-state index in [1.807, 2.05) is 0 Å². The lowest BCUT2D eigenvalue weighted by Crippen LogP contribution is -2.41. The smallest absolute Gasteiger partial charge is 0.326 e. The number of hydrogen-bond acceptors (Lipinski definition) is 4. The molecule has 1 aromatic carbocycles. The lowest BCUT2D eigenvalue weighted by Gasteiger charge is -2.12. The second-order valence-corrected chi connectivity index (χ2v) is 3.95. The normalized spacial score (nSPS) is 12.3. The third-order valence-electron chi connectivity index (χ3n) is 2.51. The number of aromatic nitrogens is 1. The first-order chi connectivity index (χ1) is 8.56. The molecule has 0 spiro atoms. The third-order valence-corrected chi connectivity index (χ3v) is 2.51. The fourth-order valence-corrected chi connectivity index (χ4v) is 1.71. The fraction of sp³-hybridized carbons (Fsp3) is 0.250. The number of nitrogens with zero attached hydrogens (tertiary/aromatic N) is 1. The van der Waals surface area contributed by atoms with Gasteiger partial charge in [0.25, 0.3) is 0 Å². The van der Waals surface area contributed by atoms with Crippen molar-refractivity contribution in [2.24, 2.45) is 0 Å². The minimum atomic E-state index is -1.06. The molecule has 94 valence electrons. The molecule has 0 radical (unpaired) electrons. The van der Waals surface area contributed by atoms with Crippen molar-refractivity contribution in [3.63, 3.8) is 0 Å². The van der Waals surface area contributed by atoms with Gasteiger partial charge in [0.15, 0.2) is 12.0 Å². The largest absolute Gasteiger partial charge is 0.480 e. The highest BCUT2D eigenvalue weighted by Gasteiger charge is 2.19. The molecule has 0 bridgehead atoms. The molecule has 6 heteroatoms. The predicted octanol–water partition coefficient (Wildman–Crippen LogP) is 0.960. The van der Waals surface area contributed by atoms with Gasteiger partial charge in [-0.2, -0.15) is 0 Å². The topological polar surface area (TPSA) is 92.4 Å². The van der Waals surface area contributed by atoms with E-state index in [1.54, 1.807) is 18.2 Å². The SMILES string of the molecule is CC(=O)NC(Cc1ccc2ocnc2c1)C(=O)O. The number of oxazole rings is 1. The molecule has 0 aliphatic carbocycles. The molecule has 1 amide bonds. The van der Waals surface area contributed by atoms with Crippen molar-refractivity contribution in [2.75, 3.05) is 0 Å². The van der Waals surface area contributed by atoms with E-state index in [0.717, 1.165) is 5.56 Å². The first kappa shape index (κ1) is 12.1. The highest BCUT2D eigenvalue weighted by Crippen LogP contribution is 2.15. The molecule has 0 fully saturated rings. The zero-order valence-corrected chi connectivity index (χ0v) is 9.71. The minimum Gasteiger partial charge on any atom is -0.480 e. The molecule has 0 aliphatic heterocycles. The van der Waals surface area contributed by atoms with Gasteiger partial charge in [-0.15, -0.1) is 0 Å². The van der Waals surface area contributed by atoms with Crippen molar-refractivity contribution >= 4 is 23.0 Å². The van der Waals surface area contributed by atoms with Crippen molar-refractivity contribution in [1.29, 1.82) is 0 Å². The molecule has 0 aliphatic rings. The van der Waals surface area contributed by atoms with Crippen LogP contribution in [0.3, 0.4) is 0 Å². The highest BCUT2D eigenvalue weighted by molar-refractivity contribution is 5.82. The Kier molecular flexibility index (Phi) is 3.27. The van der Waals surface area contributed by atoms with Gasteiger partial charge in [0, 0.05) is 13.3 Å². The first-order valence-electron chi connectivity index (χ1n) is 5.38. The number of hydrogen-bond donors (Lipinski definition) is 2. The molecule has 2 aromatic rings. The zero-order chi connectivity index (χ0) is 13.1. The van der Waals surface area contributed by atoms with Crippen LogP contribution in [0.25, 0.3) is 11.1 Å². The van der Waals surface area contributed by atoms with Crippen LogP contribution in [0.1, 0.15) is 12.5 Å². The van der Waals surface area contributed by atoms with Crippen LogP contribution in [0, 0.1) is 0 Å². The van der Waals surface area contributed by atoms with Crippen LogP contribution in [0.4, 0.5) is 0 Å². The van der Waals surface area contributed by atoms with Gasteiger partial charge in [0.05, 0.1) is 0 Å². The summed E-state index contributed by atoms with van der Waals surface area (Å²) in [6, 6.07) is 4.29. The van der Waals surface area contributed by atoms with Crippen molar-refractivity contribution in [2.45, 2.75) is 19.4 Å². The van der Waals surface area contributed by atoms with E-state index in [0.29, 0.717) is 11.1 Å². The van der Waals surface area contributed by atoms with E-state index in [2.05, 4.69) is 10.3 Å². The van der Waals surface area contributed by atoms with E-state index in [4.69, 9.17) is 9.52 Å². The van der Waals surface area contributed by atoms with E-state index >= 15 is 0 Å². The van der Waals surface area contributed by atoms with Crippen LogP contribution >= 0.6 is 0 Å². The van der Waals surface area contributed by atoms with Gasteiger partial charge in [0.1, 0.15) is 11.6 Å². The number of fused-ring (bicyclic) bond motifs is 1. The Labute approximate surface area is 103 Å². The molecule has 2 N–H and O–H groups in total. The van der Waals surface area contributed by atoms with E-state index in [1.165, 1.54) is 13.3 Å². The molecule has 18 heavy (non-hydrogen) atoms. The molecular formula is C12H12N2O4. The molecular weight excluding hydrogens is 236 g/mol. The average Bonchev–Trinajstić information content (AvgIpc) is 2.74. The molecule has 1 aromatic heterocycles. The summed E-state index contributed by atoms with van der Waals surface area (Å²) in [7, 11) is 0. The number of carboxylic acids is 1. The Hall–Kier alpha value is -2.37. The number of carboxylic acid groups (broad SMARTS) is 1. The summed E-state index contributed by atoms with van der Waals surface area (Å²) >= 11 is 0. The van der Waals surface area contributed by atoms with Crippen LogP contribution in [0.2, 0.25) is 0 Å². The Morgan fingerprint density at radius 3 is 2.94 bits per heavy atom. The van der Waals surface area contributed by atoms with Crippen LogP contribution in [0.15, 0.2) is 29.0 Å². The molecule has 1 unspecified atom stereocenters. The number of amides is 1. The Morgan fingerprint density at radius 2 is 2.28 bits per heavy atom. The Bertz CT molecular complexity index is 591. The lowest BCUT2D eigenvalue weighted by atomic mass is 10.1. The van der Waals surface area contributed by atoms with Crippen molar-refractivity contribution in [3.05, 3.63) is 30.2 Å². The van der Waals surface area contributed by atoms with Gasteiger partial charge in [-0.25, -0.2) is 9.78 Å². The molecule has 6 nitrogen and oxygen atoms in total. The van der Waals surface area contributed by atoms with E-state index < -0.39 is 12.0 Å². The number of aliphatic carboxylic acids is 1. The number of nitrogens with one attached hydrogen (secondary N) is 1. The predicted molar refractivity (Wildman–Crippen MR) is 63.0 cm³/mol. The van der Waals surface area contributed by atoms with Crippen LogP contribution in [0.5, 0.6) is 0 Å². The number of rotatable bonds is 4. The summed E-state index contributed by atoms with van der Waals surface area (Å²) in [5.41, 5.74) is 2.09. The van der Waals surface area contributed by atoms with Gasteiger partial charge in [-0.1, -0.05) is 6.07 Å². The number of carbonyl (C=O) groups is 2. The zero-order valence-electron chi connectivity index (χ0n) is 9.71. The molecule has 1 heterocycles. The van der Waals surface area contributed by atoms with Crippen LogP contribution < -0.4 is 5.32 Å². The van der Waals surface area contributed by atoms with Crippen molar-refractivity contribution < 1.29 is 19.1 Å². The summed E-state index contributed by atoms with van der Waals surface area (Å²) in [4.78, 5) is 25.9. The third kappa shape index (κ3) is 2.65. The van der Waals surface area contributed by atoms with Crippen LogP contribution in [-0.2, 0) is 16.0 Å². The maximum atomic E-state index is 11.0. The van der Waals surface area contributed by atoms with Gasteiger partial charge in [0.2, 0.25) is 5.91 Å². The van der Waals surface area contributed by atoms with Crippen molar-refractivity contribution in [3.8, 4) is 0 Å². The second kappa shape index (κ2) is 4.87. The fourth-order valence-electron chi connectivity index (χ4n) is 1.71. The first-order valence-corrected chi connectivity index (χ1v) is 5.38. The number of benzene rings is 1. The van der Waals surface area contributed by atoms with E-state index in [9.17, 15) is 9.59 Å². The quantitative estimate of drug-likeness (QED) is 0.840. The summed E-state index contributed by atoms with van der Waals surface area (Å²) in [6.45, 7) is 1.29. The monoisotopic (exact) mass is 248 g/mol. The van der Waals surface area contributed by atoms with Gasteiger partial charge < -0.3 is 14.8 Å². The Morgan fingerprint density at radius 1 is 1.50 bits per heavy atom. The molecule has 2 rings (SSSR count). The Balaban J connectivity index is 2.19. The summed E-state index contributed by atoms with van der Waals surface area (Å²) in [6.07, 6.45) is 1.54. The van der Waals surface area contributed by atoms with Gasteiger partial charge >= 0.3 is 5.97 Å². The second-order valence-electron chi connectivity index (χ2n) is 3.95.